The zero-order valence-corrected chi connectivity index (χ0v) is 16.9. The number of halogens is 2. The van der Waals surface area contributed by atoms with E-state index in [1.165, 1.54) is 17.1 Å². The second kappa shape index (κ2) is 9.03. The van der Waals surface area contributed by atoms with E-state index in [-0.39, 0.29) is 18.1 Å². The summed E-state index contributed by atoms with van der Waals surface area (Å²) in [5, 5.41) is 15.4. The maximum atomic E-state index is 13.1. The van der Waals surface area contributed by atoms with Crippen molar-refractivity contribution in [2.75, 3.05) is 6.61 Å². The Morgan fingerprint density at radius 3 is 2.57 bits per heavy atom. The van der Waals surface area contributed by atoms with Crippen molar-refractivity contribution in [1.82, 2.24) is 9.78 Å². The molecule has 0 spiro atoms. The van der Waals surface area contributed by atoms with Crippen LogP contribution in [0.2, 0.25) is 5.02 Å². The van der Waals surface area contributed by atoms with Crippen molar-refractivity contribution in [3.05, 3.63) is 86.5 Å². The molecule has 0 saturated carbocycles. The van der Waals surface area contributed by atoms with E-state index in [1.807, 2.05) is 0 Å². The van der Waals surface area contributed by atoms with Crippen LogP contribution in [0, 0.1) is 0 Å². The molecule has 28 heavy (non-hydrogen) atoms. The van der Waals surface area contributed by atoms with E-state index < -0.39 is 5.56 Å². The molecule has 1 heterocycles. The molecule has 0 aliphatic rings. The lowest BCUT2D eigenvalue weighted by Crippen LogP contribution is -2.72. The van der Waals surface area contributed by atoms with E-state index in [2.05, 4.69) is 21.0 Å². The van der Waals surface area contributed by atoms with E-state index in [9.17, 15) is 4.79 Å². The molecular weight excluding hydrogens is 448 g/mol. The Morgan fingerprint density at radius 1 is 1.25 bits per heavy atom. The minimum absolute atomic E-state index is 0.0780. The molecule has 2 aromatic carbocycles. The number of aliphatic hydroxyl groups is 1. The van der Waals surface area contributed by atoms with Gasteiger partial charge < -0.3 is 15.6 Å². The SMILES string of the molecule is N/C(=C\[NH2+]c1cnn(-c2ccc(Cl)cc2)c(=O)c1Oc1ccc(Br)cc1)CO. The Kier molecular flexibility index (Phi) is 6.48. The van der Waals surface area contributed by atoms with Crippen LogP contribution in [0.15, 0.2) is 75.9 Å². The molecule has 9 heteroatoms. The van der Waals surface area contributed by atoms with Crippen molar-refractivity contribution in [2.45, 2.75) is 0 Å². The van der Waals surface area contributed by atoms with Crippen molar-refractivity contribution >= 4 is 33.2 Å². The van der Waals surface area contributed by atoms with Gasteiger partial charge in [0.2, 0.25) is 5.69 Å². The molecule has 0 saturated heterocycles. The molecule has 0 radical (unpaired) electrons. The summed E-state index contributed by atoms with van der Waals surface area (Å²) < 4.78 is 7.97. The van der Waals surface area contributed by atoms with Gasteiger partial charge >= 0.3 is 5.56 Å². The van der Waals surface area contributed by atoms with E-state index in [4.69, 9.17) is 27.2 Å². The zero-order valence-electron chi connectivity index (χ0n) is 14.5. The average molecular weight is 465 g/mol. The predicted molar refractivity (Wildman–Crippen MR) is 110 cm³/mol. The average Bonchev–Trinajstić information content (AvgIpc) is 2.70. The van der Waals surface area contributed by atoms with Gasteiger partial charge in [0.05, 0.1) is 18.0 Å². The molecule has 0 aliphatic heterocycles. The van der Waals surface area contributed by atoms with Crippen molar-refractivity contribution in [3.63, 3.8) is 0 Å². The highest BCUT2D eigenvalue weighted by molar-refractivity contribution is 9.10. The molecule has 0 fully saturated rings. The summed E-state index contributed by atoms with van der Waals surface area (Å²) in [5.74, 6) is 0.567. The standard InChI is InChI=1S/C19H16BrClN4O3/c20-12-1-7-16(8-2-12)28-18-17(23-9-14(22)11-26)10-24-25(19(18)27)15-5-3-13(21)4-6-15/h1-10,23,26H,11,22H2/p+1/b14-9-. The first kappa shape index (κ1) is 20.1. The van der Waals surface area contributed by atoms with E-state index in [0.717, 1.165) is 4.47 Å². The molecule has 1 aromatic heterocycles. The quantitative estimate of drug-likeness (QED) is 0.519. The first-order valence-electron chi connectivity index (χ1n) is 8.20. The summed E-state index contributed by atoms with van der Waals surface area (Å²) in [6.45, 7) is -0.297. The maximum Gasteiger partial charge on any atom is 0.320 e. The lowest BCUT2D eigenvalue weighted by Gasteiger charge is -2.11. The highest BCUT2D eigenvalue weighted by Crippen LogP contribution is 2.24. The van der Waals surface area contributed by atoms with Gasteiger partial charge in [0.25, 0.3) is 5.75 Å². The topological polar surface area (TPSA) is 107 Å². The monoisotopic (exact) mass is 463 g/mol. The summed E-state index contributed by atoms with van der Waals surface area (Å²) in [6, 6.07) is 13.8. The number of hydrogen-bond acceptors (Lipinski definition) is 5. The summed E-state index contributed by atoms with van der Waals surface area (Å²) in [4.78, 5) is 13.1. The first-order chi connectivity index (χ1) is 13.5. The number of hydrogen-bond donors (Lipinski definition) is 3. The summed E-state index contributed by atoms with van der Waals surface area (Å²) >= 11 is 9.28. The van der Waals surface area contributed by atoms with Gasteiger partial charge in [0.1, 0.15) is 18.1 Å². The molecule has 0 amide bonds. The van der Waals surface area contributed by atoms with Crippen LogP contribution >= 0.6 is 27.5 Å². The molecule has 0 bridgehead atoms. The fraction of sp³-hybridized carbons (Fsp3) is 0.0526. The van der Waals surface area contributed by atoms with Crippen LogP contribution in [0.25, 0.3) is 5.69 Å². The lowest BCUT2D eigenvalue weighted by molar-refractivity contribution is -0.498. The number of nitrogens with two attached hydrogens (primary N) is 2. The molecule has 0 atom stereocenters. The summed E-state index contributed by atoms with van der Waals surface area (Å²) in [5.41, 5.74) is 6.40. The summed E-state index contributed by atoms with van der Waals surface area (Å²) in [6.07, 6.45) is 2.99. The van der Waals surface area contributed by atoms with Gasteiger partial charge in [-0.1, -0.05) is 27.5 Å². The number of rotatable bonds is 6. The van der Waals surface area contributed by atoms with Gasteiger partial charge in [-0.2, -0.15) is 9.78 Å². The fourth-order valence-electron chi connectivity index (χ4n) is 2.31. The minimum Gasteiger partial charge on any atom is -0.446 e. The van der Waals surface area contributed by atoms with E-state index in [1.54, 1.807) is 53.8 Å². The van der Waals surface area contributed by atoms with Gasteiger partial charge in [0.15, 0.2) is 0 Å². The molecular formula is C19H17BrClN4O3+. The largest absolute Gasteiger partial charge is 0.446 e. The van der Waals surface area contributed by atoms with E-state index >= 15 is 0 Å². The van der Waals surface area contributed by atoms with Crippen LogP contribution in [0.3, 0.4) is 0 Å². The van der Waals surface area contributed by atoms with Gasteiger partial charge in [-0.05, 0) is 48.5 Å². The first-order valence-corrected chi connectivity index (χ1v) is 9.37. The number of nitrogens with zero attached hydrogens (tertiary/aromatic N) is 2. The van der Waals surface area contributed by atoms with Gasteiger partial charge in [-0.25, -0.2) is 0 Å². The number of benzene rings is 2. The third-order valence-corrected chi connectivity index (χ3v) is 4.51. The van der Waals surface area contributed by atoms with Crippen LogP contribution in [-0.2, 0) is 0 Å². The van der Waals surface area contributed by atoms with Crippen LogP contribution in [-0.4, -0.2) is 21.5 Å². The maximum absolute atomic E-state index is 13.1. The normalized spacial score (nSPS) is 11.5. The third kappa shape index (κ3) is 4.79. The van der Waals surface area contributed by atoms with Gasteiger partial charge in [-0.3, -0.25) is 10.1 Å². The van der Waals surface area contributed by atoms with Crippen molar-refractivity contribution < 1.29 is 15.2 Å². The number of aromatic nitrogens is 2. The van der Waals surface area contributed by atoms with Crippen LogP contribution in [0.5, 0.6) is 11.5 Å². The molecule has 3 rings (SSSR count). The fourth-order valence-corrected chi connectivity index (χ4v) is 2.70. The van der Waals surface area contributed by atoms with Crippen LogP contribution < -0.4 is 21.3 Å². The second-order valence-corrected chi connectivity index (χ2v) is 7.10. The molecule has 7 nitrogen and oxygen atoms in total. The molecule has 0 unspecified atom stereocenters. The van der Waals surface area contributed by atoms with Gasteiger partial charge in [0, 0.05) is 9.50 Å². The predicted octanol–water partition coefficient (Wildman–Crippen LogP) is 2.43. The van der Waals surface area contributed by atoms with Crippen LogP contribution in [0.1, 0.15) is 0 Å². The smallest absolute Gasteiger partial charge is 0.320 e. The lowest BCUT2D eigenvalue weighted by atomic mass is 10.3. The zero-order chi connectivity index (χ0) is 20.1. The number of quaternary nitrogens is 1. The summed E-state index contributed by atoms with van der Waals surface area (Å²) in [7, 11) is 0. The molecule has 5 N–H and O–H groups in total. The number of aliphatic hydroxyl groups excluding tert-OH is 1. The Hall–Kier alpha value is -2.65. The molecule has 0 aliphatic carbocycles. The molecule has 3 aromatic rings. The van der Waals surface area contributed by atoms with Crippen molar-refractivity contribution in [1.29, 1.82) is 0 Å². The highest BCUT2D eigenvalue weighted by Gasteiger charge is 2.18. The Balaban J connectivity index is 2.07. The third-order valence-electron chi connectivity index (χ3n) is 3.73. The van der Waals surface area contributed by atoms with E-state index in [0.29, 0.717) is 22.1 Å². The van der Waals surface area contributed by atoms with Crippen molar-refractivity contribution in [3.8, 4) is 17.2 Å². The number of ether oxygens (including phenoxy) is 1. The Bertz CT molecular complexity index is 1050. The van der Waals surface area contributed by atoms with Crippen molar-refractivity contribution in [2.24, 2.45) is 5.73 Å². The molecule has 144 valence electrons. The van der Waals surface area contributed by atoms with Gasteiger partial charge in [-0.15, -0.1) is 0 Å². The Labute approximate surface area is 174 Å². The second-order valence-electron chi connectivity index (χ2n) is 5.74. The van der Waals surface area contributed by atoms with Crippen LogP contribution in [0.4, 0.5) is 5.69 Å². The highest BCUT2D eigenvalue weighted by atomic mass is 79.9. The Morgan fingerprint density at radius 2 is 1.93 bits per heavy atom. The minimum atomic E-state index is -0.449.